The number of rotatable bonds is 2. The second kappa shape index (κ2) is 3.46. The minimum atomic E-state index is 0.218. The van der Waals surface area contributed by atoms with Gasteiger partial charge in [-0.1, -0.05) is 34.6 Å². The summed E-state index contributed by atoms with van der Waals surface area (Å²) >= 11 is 0. The van der Waals surface area contributed by atoms with Crippen LogP contribution < -0.4 is 5.32 Å². The van der Waals surface area contributed by atoms with E-state index in [-0.39, 0.29) is 10.8 Å². The first-order chi connectivity index (χ1) is 5.17. The molecule has 0 rings (SSSR count). The maximum atomic E-state index is 7.27. The van der Waals surface area contributed by atoms with Crippen molar-refractivity contribution in [1.29, 1.82) is 5.41 Å². The van der Waals surface area contributed by atoms with Gasteiger partial charge in [-0.25, -0.2) is 0 Å². The predicted molar refractivity (Wildman–Crippen MR) is 54.6 cm³/mol. The molecule has 0 radical (unpaired) electrons. The van der Waals surface area contributed by atoms with Gasteiger partial charge in [-0.15, -0.1) is 0 Å². The highest BCUT2D eigenvalue weighted by molar-refractivity contribution is 5.75. The molecule has 2 nitrogen and oxygen atoms in total. The zero-order chi connectivity index (χ0) is 9.99. The van der Waals surface area contributed by atoms with E-state index in [0.29, 0.717) is 5.84 Å². The van der Waals surface area contributed by atoms with Crippen molar-refractivity contribution in [1.82, 2.24) is 5.32 Å². The topological polar surface area (TPSA) is 35.9 Å². The van der Waals surface area contributed by atoms with E-state index in [1.807, 2.05) is 0 Å². The molecule has 0 heterocycles. The average Bonchev–Trinajstić information content (AvgIpc) is 1.81. The normalized spacial score (nSPS) is 12.8. The van der Waals surface area contributed by atoms with Gasteiger partial charge in [0.05, 0.1) is 5.84 Å². The lowest BCUT2D eigenvalue weighted by atomic mass is 9.69. The van der Waals surface area contributed by atoms with Gasteiger partial charge in [0.2, 0.25) is 0 Å². The van der Waals surface area contributed by atoms with Crippen molar-refractivity contribution in [2.24, 2.45) is 10.8 Å². The molecule has 0 spiro atoms. The summed E-state index contributed by atoms with van der Waals surface area (Å²) in [6.07, 6.45) is 0. The Labute approximate surface area is 76.3 Å². The van der Waals surface area contributed by atoms with Crippen LogP contribution in [0.15, 0.2) is 0 Å². The third-order valence-corrected chi connectivity index (χ3v) is 2.83. The Morgan fingerprint density at radius 1 is 1.17 bits per heavy atom. The summed E-state index contributed by atoms with van der Waals surface area (Å²) in [6, 6.07) is 0. The Morgan fingerprint density at radius 3 is 1.83 bits per heavy atom. The summed E-state index contributed by atoms with van der Waals surface area (Å²) < 4.78 is 0. The van der Waals surface area contributed by atoms with E-state index in [2.05, 4.69) is 39.9 Å². The number of nitrogens with one attached hydrogen (secondary N) is 2. The molecule has 0 amide bonds. The quantitative estimate of drug-likeness (QED) is 0.485. The van der Waals surface area contributed by atoms with Crippen LogP contribution >= 0.6 is 0 Å². The second-order valence-electron chi connectivity index (χ2n) is 5.11. The van der Waals surface area contributed by atoms with Crippen LogP contribution in [0.25, 0.3) is 0 Å². The van der Waals surface area contributed by atoms with E-state index >= 15 is 0 Å². The fourth-order valence-electron chi connectivity index (χ4n) is 0.619. The van der Waals surface area contributed by atoms with Crippen molar-refractivity contribution >= 4 is 5.84 Å². The van der Waals surface area contributed by atoms with Gasteiger partial charge in [0.15, 0.2) is 0 Å². The first-order valence-corrected chi connectivity index (χ1v) is 4.46. The number of hydrogen-bond acceptors (Lipinski definition) is 1. The van der Waals surface area contributed by atoms with Crippen LogP contribution in [-0.2, 0) is 0 Å². The third kappa shape index (κ3) is 3.24. The molecule has 0 aliphatic heterocycles. The number of amidine groups is 1. The Morgan fingerprint density at radius 2 is 1.58 bits per heavy atom. The highest BCUT2D eigenvalue weighted by atomic mass is 14.9. The summed E-state index contributed by atoms with van der Waals surface area (Å²) in [6.45, 7) is 13.8. The van der Waals surface area contributed by atoms with Crippen molar-refractivity contribution in [2.75, 3.05) is 6.54 Å². The predicted octanol–water partition coefficient (Wildman–Crippen LogP) is 2.65. The van der Waals surface area contributed by atoms with E-state index in [1.54, 1.807) is 6.92 Å². The lowest BCUT2D eigenvalue weighted by Gasteiger charge is -2.39. The average molecular weight is 170 g/mol. The molecule has 0 atom stereocenters. The Bertz CT molecular complexity index is 163. The summed E-state index contributed by atoms with van der Waals surface area (Å²) in [5.41, 5.74) is 0.491. The Kier molecular flexibility index (Phi) is 3.31. The standard InChI is InChI=1S/C10H22N2/c1-8(11)12-7-10(5,6)9(2,3)4/h7H2,1-6H3,(H2,11,12). The smallest absolute Gasteiger partial charge is 0.0899 e. The van der Waals surface area contributed by atoms with Crippen LogP contribution in [0, 0.1) is 16.2 Å². The van der Waals surface area contributed by atoms with E-state index in [1.165, 1.54) is 0 Å². The minimum absolute atomic E-state index is 0.218. The lowest BCUT2D eigenvalue weighted by molar-refractivity contribution is 0.136. The van der Waals surface area contributed by atoms with Gasteiger partial charge in [-0.05, 0) is 17.8 Å². The van der Waals surface area contributed by atoms with Crippen molar-refractivity contribution in [3.63, 3.8) is 0 Å². The fraction of sp³-hybridized carbons (Fsp3) is 0.900. The van der Waals surface area contributed by atoms with E-state index in [9.17, 15) is 0 Å². The van der Waals surface area contributed by atoms with E-state index < -0.39 is 0 Å². The van der Waals surface area contributed by atoms with Crippen LogP contribution in [-0.4, -0.2) is 12.4 Å². The molecule has 2 heteroatoms. The minimum Gasteiger partial charge on any atom is -0.374 e. The first-order valence-electron chi connectivity index (χ1n) is 4.46. The van der Waals surface area contributed by atoms with Crippen molar-refractivity contribution in [3.8, 4) is 0 Å². The largest absolute Gasteiger partial charge is 0.374 e. The van der Waals surface area contributed by atoms with Gasteiger partial charge >= 0.3 is 0 Å². The molecule has 0 bridgehead atoms. The maximum absolute atomic E-state index is 7.27. The first kappa shape index (κ1) is 11.5. The van der Waals surface area contributed by atoms with E-state index in [0.717, 1.165) is 6.54 Å². The monoisotopic (exact) mass is 170 g/mol. The molecule has 0 unspecified atom stereocenters. The molecule has 0 aromatic rings. The van der Waals surface area contributed by atoms with Gasteiger partial charge in [-0.2, -0.15) is 0 Å². The third-order valence-electron chi connectivity index (χ3n) is 2.83. The lowest BCUT2D eigenvalue weighted by Crippen LogP contribution is -2.40. The van der Waals surface area contributed by atoms with Gasteiger partial charge in [0.25, 0.3) is 0 Å². The van der Waals surface area contributed by atoms with Crippen LogP contribution in [0.2, 0.25) is 0 Å². The van der Waals surface area contributed by atoms with Gasteiger partial charge in [0, 0.05) is 6.54 Å². The molecule has 0 aromatic heterocycles. The van der Waals surface area contributed by atoms with Crippen molar-refractivity contribution in [2.45, 2.75) is 41.5 Å². The van der Waals surface area contributed by atoms with Crippen LogP contribution in [0.4, 0.5) is 0 Å². The van der Waals surface area contributed by atoms with Crippen LogP contribution in [0.3, 0.4) is 0 Å². The highest BCUT2D eigenvalue weighted by Gasteiger charge is 2.32. The van der Waals surface area contributed by atoms with Gasteiger partial charge in [-0.3, -0.25) is 5.41 Å². The molecule has 0 fully saturated rings. The molecule has 0 aliphatic carbocycles. The highest BCUT2D eigenvalue weighted by Crippen LogP contribution is 2.36. The molecule has 0 aliphatic rings. The second-order valence-corrected chi connectivity index (χ2v) is 5.11. The molecule has 72 valence electrons. The summed E-state index contributed by atoms with van der Waals surface area (Å²) in [7, 11) is 0. The summed E-state index contributed by atoms with van der Waals surface area (Å²) in [4.78, 5) is 0. The number of hydrogen-bond donors (Lipinski definition) is 2. The molecular weight excluding hydrogens is 148 g/mol. The van der Waals surface area contributed by atoms with Crippen molar-refractivity contribution in [3.05, 3.63) is 0 Å². The molecule has 0 saturated heterocycles. The Hall–Kier alpha value is -0.530. The molecular formula is C10H22N2. The maximum Gasteiger partial charge on any atom is 0.0899 e. The van der Waals surface area contributed by atoms with Gasteiger partial charge in [0.1, 0.15) is 0 Å². The van der Waals surface area contributed by atoms with E-state index in [4.69, 9.17) is 5.41 Å². The molecule has 0 aromatic carbocycles. The molecule has 0 saturated carbocycles. The zero-order valence-corrected chi connectivity index (χ0v) is 9.21. The Balaban J connectivity index is 4.14. The fourth-order valence-corrected chi connectivity index (χ4v) is 0.619. The van der Waals surface area contributed by atoms with Crippen LogP contribution in [0.1, 0.15) is 41.5 Å². The summed E-state index contributed by atoms with van der Waals surface area (Å²) in [5.74, 6) is 0.548. The van der Waals surface area contributed by atoms with Gasteiger partial charge < -0.3 is 5.32 Å². The SMILES string of the molecule is CC(=N)NCC(C)(C)C(C)(C)C. The summed E-state index contributed by atoms with van der Waals surface area (Å²) in [5, 5.41) is 10.3. The van der Waals surface area contributed by atoms with Crippen molar-refractivity contribution < 1.29 is 0 Å². The zero-order valence-electron chi connectivity index (χ0n) is 9.21. The molecule has 12 heavy (non-hydrogen) atoms. The van der Waals surface area contributed by atoms with Crippen LogP contribution in [0.5, 0.6) is 0 Å². The molecule has 2 N–H and O–H groups in total.